The minimum Gasteiger partial charge on any atom is -0.497 e. The average Bonchev–Trinajstić information content (AvgIpc) is 2.57. The molecule has 0 saturated heterocycles. The Bertz CT molecular complexity index is 696. The van der Waals surface area contributed by atoms with Crippen molar-refractivity contribution in [1.29, 1.82) is 0 Å². The second kappa shape index (κ2) is 7.26. The fourth-order valence-corrected chi connectivity index (χ4v) is 3.61. The normalized spacial score (nSPS) is 15.4. The lowest BCUT2D eigenvalue weighted by molar-refractivity contribution is -0.121. The summed E-state index contributed by atoms with van der Waals surface area (Å²) in [5.74, 6) is 0.901. The van der Waals surface area contributed by atoms with Gasteiger partial charge in [-0.3, -0.25) is 4.79 Å². The maximum absolute atomic E-state index is 13.1. The molecule has 0 radical (unpaired) electrons. The molecular weight excluding hydrogens is 325 g/mol. The van der Waals surface area contributed by atoms with Crippen LogP contribution in [-0.2, 0) is 10.3 Å². The summed E-state index contributed by atoms with van der Waals surface area (Å²) in [6.07, 6.45) is 2.87. The molecule has 1 aliphatic carbocycles. The van der Waals surface area contributed by atoms with Crippen LogP contribution in [0.25, 0.3) is 0 Å². The Labute approximate surface area is 145 Å². The molecule has 1 saturated carbocycles. The first-order chi connectivity index (χ1) is 11.6. The van der Waals surface area contributed by atoms with Gasteiger partial charge in [0.05, 0.1) is 18.4 Å². The van der Waals surface area contributed by atoms with Crippen LogP contribution in [0.4, 0.5) is 4.39 Å². The third kappa shape index (κ3) is 3.73. The smallest absolute Gasteiger partial charge is 0.231 e. The highest BCUT2D eigenvalue weighted by molar-refractivity contribution is 8.00. The van der Waals surface area contributed by atoms with E-state index in [0.29, 0.717) is 5.75 Å². The number of benzene rings is 2. The van der Waals surface area contributed by atoms with E-state index in [-0.39, 0.29) is 17.3 Å². The number of carbonyl (C=O) groups excluding carboxylic acids is 1. The lowest BCUT2D eigenvalue weighted by Crippen LogP contribution is -2.51. The molecule has 0 aromatic heterocycles. The van der Waals surface area contributed by atoms with Crippen molar-refractivity contribution in [2.24, 2.45) is 0 Å². The quantitative estimate of drug-likeness (QED) is 0.800. The Hall–Kier alpha value is -2.01. The standard InChI is InChI=1S/C19H20FNO2S/c1-23-16-7-9-17(10-8-16)24-13-18(22)21-19(11-2-12-19)14-3-5-15(20)6-4-14/h3-10H,2,11-13H2,1H3,(H,21,22). The summed E-state index contributed by atoms with van der Waals surface area (Å²) in [7, 11) is 1.63. The number of amides is 1. The van der Waals surface area contributed by atoms with Gasteiger partial charge in [0.15, 0.2) is 0 Å². The van der Waals surface area contributed by atoms with E-state index in [1.165, 1.54) is 23.9 Å². The number of carbonyl (C=O) groups is 1. The van der Waals surface area contributed by atoms with Gasteiger partial charge in [0.2, 0.25) is 5.91 Å². The molecule has 1 aliphatic rings. The summed E-state index contributed by atoms with van der Waals surface area (Å²) in [6, 6.07) is 14.1. The number of halogens is 1. The zero-order valence-corrected chi connectivity index (χ0v) is 14.4. The number of ether oxygens (including phenoxy) is 1. The molecule has 2 aromatic carbocycles. The maximum Gasteiger partial charge on any atom is 0.231 e. The number of nitrogens with one attached hydrogen (secondary N) is 1. The Morgan fingerprint density at radius 1 is 1.17 bits per heavy atom. The molecule has 0 atom stereocenters. The van der Waals surface area contributed by atoms with Gasteiger partial charge < -0.3 is 10.1 Å². The molecule has 3 rings (SSSR count). The minimum atomic E-state index is -0.328. The van der Waals surface area contributed by atoms with Crippen molar-refractivity contribution in [2.75, 3.05) is 12.9 Å². The lowest BCUT2D eigenvalue weighted by Gasteiger charge is -2.43. The Balaban J connectivity index is 1.59. The molecule has 0 spiro atoms. The van der Waals surface area contributed by atoms with Crippen LogP contribution in [0.3, 0.4) is 0 Å². The Kier molecular flexibility index (Phi) is 5.09. The molecular formula is C19H20FNO2S. The van der Waals surface area contributed by atoms with Crippen molar-refractivity contribution < 1.29 is 13.9 Å². The van der Waals surface area contributed by atoms with Gasteiger partial charge in [0.25, 0.3) is 0 Å². The fraction of sp³-hybridized carbons (Fsp3) is 0.316. The van der Waals surface area contributed by atoms with Crippen LogP contribution in [0.5, 0.6) is 5.75 Å². The zero-order valence-electron chi connectivity index (χ0n) is 13.5. The minimum absolute atomic E-state index is 0.000145. The molecule has 1 amide bonds. The van der Waals surface area contributed by atoms with Crippen LogP contribution in [0.15, 0.2) is 53.4 Å². The summed E-state index contributed by atoms with van der Waals surface area (Å²) < 4.78 is 18.2. The van der Waals surface area contributed by atoms with Gasteiger partial charge in [-0.05, 0) is 61.2 Å². The summed E-state index contributed by atoms with van der Waals surface area (Å²) in [5, 5.41) is 3.15. The second-order valence-electron chi connectivity index (χ2n) is 5.95. The van der Waals surface area contributed by atoms with Gasteiger partial charge in [-0.15, -0.1) is 11.8 Å². The van der Waals surface area contributed by atoms with Crippen molar-refractivity contribution in [1.82, 2.24) is 5.32 Å². The third-order valence-electron chi connectivity index (χ3n) is 4.41. The van der Waals surface area contributed by atoms with Crippen molar-refractivity contribution in [3.05, 3.63) is 59.9 Å². The molecule has 0 aliphatic heterocycles. The van der Waals surface area contributed by atoms with Gasteiger partial charge in [0.1, 0.15) is 11.6 Å². The van der Waals surface area contributed by atoms with E-state index >= 15 is 0 Å². The van der Waals surface area contributed by atoms with E-state index in [9.17, 15) is 9.18 Å². The third-order valence-corrected chi connectivity index (χ3v) is 5.42. The van der Waals surface area contributed by atoms with Crippen LogP contribution in [-0.4, -0.2) is 18.8 Å². The van der Waals surface area contributed by atoms with E-state index in [1.807, 2.05) is 24.3 Å². The van der Waals surface area contributed by atoms with Crippen LogP contribution in [0.2, 0.25) is 0 Å². The van der Waals surface area contributed by atoms with Crippen molar-refractivity contribution in [3.8, 4) is 5.75 Å². The zero-order chi connectivity index (χ0) is 17.0. The first-order valence-corrected chi connectivity index (χ1v) is 8.94. The lowest BCUT2D eigenvalue weighted by atomic mass is 9.72. The fourth-order valence-electron chi connectivity index (χ4n) is 2.91. The molecule has 3 nitrogen and oxygen atoms in total. The van der Waals surface area contributed by atoms with Crippen LogP contribution in [0.1, 0.15) is 24.8 Å². The van der Waals surface area contributed by atoms with E-state index in [4.69, 9.17) is 4.74 Å². The number of hydrogen-bond acceptors (Lipinski definition) is 3. The SMILES string of the molecule is COc1ccc(SCC(=O)NC2(c3ccc(F)cc3)CCC2)cc1. The van der Waals surface area contributed by atoms with Gasteiger partial charge in [-0.1, -0.05) is 12.1 Å². The number of methoxy groups -OCH3 is 1. The number of thioether (sulfide) groups is 1. The van der Waals surface area contributed by atoms with Crippen LogP contribution in [0, 0.1) is 5.82 Å². The Morgan fingerprint density at radius 2 is 1.83 bits per heavy atom. The number of rotatable bonds is 6. The molecule has 2 aromatic rings. The summed E-state index contributed by atoms with van der Waals surface area (Å²) in [4.78, 5) is 13.4. The first kappa shape index (κ1) is 16.8. The van der Waals surface area contributed by atoms with Gasteiger partial charge in [-0.2, -0.15) is 0 Å². The Morgan fingerprint density at radius 3 is 2.38 bits per heavy atom. The molecule has 1 fully saturated rings. The van der Waals surface area contributed by atoms with Crippen molar-refractivity contribution in [3.63, 3.8) is 0 Å². The molecule has 126 valence electrons. The van der Waals surface area contributed by atoms with Gasteiger partial charge >= 0.3 is 0 Å². The highest BCUT2D eigenvalue weighted by Gasteiger charge is 2.39. The van der Waals surface area contributed by atoms with Crippen LogP contribution >= 0.6 is 11.8 Å². The monoisotopic (exact) mass is 345 g/mol. The van der Waals surface area contributed by atoms with Gasteiger partial charge in [-0.25, -0.2) is 4.39 Å². The highest BCUT2D eigenvalue weighted by atomic mass is 32.2. The largest absolute Gasteiger partial charge is 0.497 e. The van der Waals surface area contributed by atoms with E-state index in [2.05, 4.69) is 5.32 Å². The van der Waals surface area contributed by atoms with Crippen molar-refractivity contribution in [2.45, 2.75) is 29.7 Å². The summed E-state index contributed by atoms with van der Waals surface area (Å²) in [6.45, 7) is 0. The second-order valence-corrected chi connectivity index (χ2v) is 7.00. The van der Waals surface area contributed by atoms with E-state index in [1.54, 1.807) is 19.2 Å². The molecule has 24 heavy (non-hydrogen) atoms. The van der Waals surface area contributed by atoms with Crippen LogP contribution < -0.4 is 10.1 Å². The maximum atomic E-state index is 13.1. The predicted octanol–water partition coefficient (Wildman–Crippen LogP) is 4.12. The van der Waals surface area contributed by atoms with Gasteiger partial charge in [0, 0.05) is 4.90 Å². The molecule has 5 heteroatoms. The highest BCUT2D eigenvalue weighted by Crippen LogP contribution is 2.41. The van der Waals surface area contributed by atoms with E-state index < -0.39 is 0 Å². The molecule has 0 heterocycles. The average molecular weight is 345 g/mol. The summed E-state index contributed by atoms with van der Waals surface area (Å²) >= 11 is 1.49. The molecule has 0 bridgehead atoms. The topological polar surface area (TPSA) is 38.3 Å². The number of hydrogen-bond donors (Lipinski definition) is 1. The molecule has 1 N–H and O–H groups in total. The van der Waals surface area contributed by atoms with E-state index in [0.717, 1.165) is 35.5 Å². The molecule has 0 unspecified atom stereocenters. The predicted molar refractivity (Wildman–Crippen MR) is 93.8 cm³/mol. The van der Waals surface area contributed by atoms with Crippen molar-refractivity contribution >= 4 is 17.7 Å². The first-order valence-electron chi connectivity index (χ1n) is 7.95. The summed E-state index contributed by atoms with van der Waals surface area (Å²) in [5.41, 5.74) is 0.656.